The van der Waals surface area contributed by atoms with Gasteiger partial charge in [-0.25, -0.2) is 4.79 Å². The van der Waals surface area contributed by atoms with Crippen LogP contribution in [0.25, 0.3) is 0 Å². The molecule has 0 aliphatic carbocycles. The molecule has 2 aromatic rings. The summed E-state index contributed by atoms with van der Waals surface area (Å²) in [6, 6.07) is 11.3. The van der Waals surface area contributed by atoms with Crippen LogP contribution in [0.4, 0.5) is 4.79 Å². The molecule has 1 aromatic heterocycles. The topological polar surface area (TPSA) is 52.5 Å². The molecule has 0 spiro atoms. The van der Waals surface area contributed by atoms with Crippen LogP contribution in [-0.4, -0.2) is 24.3 Å². The summed E-state index contributed by atoms with van der Waals surface area (Å²) in [5, 5.41) is 2.72. The zero-order chi connectivity index (χ0) is 14.4. The lowest BCUT2D eigenvalue weighted by molar-refractivity contribution is 0.197. The highest BCUT2D eigenvalue weighted by Crippen LogP contribution is 2.11. The first kappa shape index (κ1) is 14.0. The fourth-order valence-electron chi connectivity index (χ4n) is 1.78. The maximum Gasteiger partial charge on any atom is 0.413 e. The highest BCUT2D eigenvalue weighted by atomic mass is 16.6. The van der Waals surface area contributed by atoms with Crippen molar-refractivity contribution >= 4 is 6.09 Å². The van der Waals surface area contributed by atoms with Gasteiger partial charge in [-0.05, 0) is 30.2 Å². The van der Waals surface area contributed by atoms with Crippen LogP contribution in [0.2, 0.25) is 0 Å². The SMILES string of the molecule is COc1ccc(CCNC(=O)Oc2cccn2C)cc1. The zero-order valence-electron chi connectivity index (χ0n) is 11.6. The first-order valence-electron chi connectivity index (χ1n) is 6.39. The molecule has 0 saturated heterocycles. The van der Waals surface area contributed by atoms with Gasteiger partial charge in [-0.3, -0.25) is 0 Å². The largest absolute Gasteiger partial charge is 0.497 e. The van der Waals surface area contributed by atoms with Crippen molar-refractivity contribution < 1.29 is 14.3 Å². The summed E-state index contributed by atoms with van der Waals surface area (Å²) in [6.45, 7) is 0.523. The molecule has 2 rings (SSSR count). The molecule has 1 amide bonds. The van der Waals surface area contributed by atoms with Gasteiger partial charge < -0.3 is 19.4 Å². The second-order valence-corrected chi connectivity index (χ2v) is 4.37. The second kappa shape index (κ2) is 6.65. The Morgan fingerprint density at radius 2 is 2.00 bits per heavy atom. The Hall–Kier alpha value is -2.43. The zero-order valence-corrected chi connectivity index (χ0v) is 11.6. The highest BCUT2D eigenvalue weighted by Gasteiger charge is 2.05. The molecule has 0 unspecified atom stereocenters. The summed E-state index contributed by atoms with van der Waals surface area (Å²) < 4.78 is 12.0. The first-order valence-corrected chi connectivity index (χ1v) is 6.39. The van der Waals surface area contributed by atoms with Crippen molar-refractivity contribution in [3.63, 3.8) is 0 Å². The van der Waals surface area contributed by atoms with Crippen molar-refractivity contribution in [3.8, 4) is 11.6 Å². The summed E-state index contributed by atoms with van der Waals surface area (Å²) in [7, 11) is 3.45. The number of benzene rings is 1. The third-order valence-electron chi connectivity index (χ3n) is 2.94. The molecule has 1 heterocycles. The van der Waals surface area contributed by atoms with Crippen LogP contribution in [0.1, 0.15) is 5.56 Å². The number of carbonyl (C=O) groups is 1. The smallest absolute Gasteiger partial charge is 0.413 e. The molecule has 0 atom stereocenters. The van der Waals surface area contributed by atoms with E-state index in [0.717, 1.165) is 17.7 Å². The molecule has 0 aliphatic rings. The number of carbonyl (C=O) groups excluding carboxylic acids is 1. The number of aryl methyl sites for hydroxylation is 1. The number of aromatic nitrogens is 1. The van der Waals surface area contributed by atoms with Gasteiger partial charge >= 0.3 is 6.09 Å². The molecule has 0 fully saturated rings. The lowest BCUT2D eigenvalue weighted by Gasteiger charge is -2.07. The third kappa shape index (κ3) is 3.78. The summed E-state index contributed by atoms with van der Waals surface area (Å²) in [6.07, 6.45) is 2.12. The van der Waals surface area contributed by atoms with Crippen molar-refractivity contribution in [2.75, 3.05) is 13.7 Å². The van der Waals surface area contributed by atoms with Crippen LogP contribution in [0.3, 0.4) is 0 Å². The minimum Gasteiger partial charge on any atom is -0.497 e. The standard InChI is InChI=1S/C15H18N2O3/c1-17-11-3-4-14(17)20-15(18)16-10-9-12-5-7-13(19-2)8-6-12/h3-8,11H,9-10H2,1-2H3,(H,16,18). The molecule has 0 aliphatic heterocycles. The van der Waals surface area contributed by atoms with E-state index in [1.165, 1.54) is 0 Å². The monoisotopic (exact) mass is 274 g/mol. The average Bonchev–Trinajstić information content (AvgIpc) is 2.85. The van der Waals surface area contributed by atoms with E-state index < -0.39 is 6.09 Å². The van der Waals surface area contributed by atoms with Gasteiger partial charge in [0, 0.05) is 25.9 Å². The minimum atomic E-state index is -0.444. The van der Waals surface area contributed by atoms with E-state index in [4.69, 9.17) is 9.47 Å². The number of methoxy groups -OCH3 is 1. The number of amides is 1. The number of hydrogen-bond donors (Lipinski definition) is 1. The predicted octanol–water partition coefficient (Wildman–Crippen LogP) is 2.36. The summed E-state index contributed by atoms with van der Waals surface area (Å²) >= 11 is 0. The van der Waals surface area contributed by atoms with Crippen molar-refractivity contribution in [2.45, 2.75) is 6.42 Å². The predicted molar refractivity (Wildman–Crippen MR) is 76.1 cm³/mol. The van der Waals surface area contributed by atoms with Crippen molar-refractivity contribution in [2.24, 2.45) is 7.05 Å². The third-order valence-corrected chi connectivity index (χ3v) is 2.94. The van der Waals surface area contributed by atoms with E-state index in [1.54, 1.807) is 17.7 Å². The lowest BCUT2D eigenvalue weighted by Crippen LogP contribution is -2.29. The molecule has 5 heteroatoms. The molecule has 0 radical (unpaired) electrons. The Balaban J connectivity index is 1.75. The summed E-state index contributed by atoms with van der Waals surface area (Å²) in [5.74, 6) is 1.34. The molecule has 0 bridgehead atoms. The van der Waals surface area contributed by atoms with E-state index in [1.807, 2.05) is 43.6 Å². The minimum absolute atomic E-state index is 0.444. The van der Waals surface area contributed by atoms with E-state index >= 15 is 0 Å². The quantitative estimate of drug-likeness (QED) is 0.910. The van der Waals surface area contributed by atoms with Crippen LogP contribution in [0, 0.1) is 0 Å². The summed E-state index contributed by atoms with van der Waals surface area (Å²) in [5.41, 5.74) is 1.13. The molecular weight excluding hydrogens is 256 g/mol. The second-order valence-electron chi connectivity index (χ2n) is 4.37. The molecule has 20 heavy (non-hydrogen) atoms. The number of rotatable bonds is 5. The Labute approximate surface area is 118 Å². The van der Waals surface area contributed by atoms with E-state index in [0.29, 0.717) is 12.4 Å². The molecule has 1 N–H and O–H groups in total. The first-order chi connectivity index (χ1) is 9.69. The number of ether oxygens (including phenoxy) is 2. The van der Waals surface area contributed by atoms with Gasteiger partial charge in [0.05, 0.1) is 7.11 Å². The Kier molecular flexibility index (Phi) is 4.65. The maximum atomic E-state index is 11.6. The van der Waals surface area contributed by atoms with E-state index in [-0.39, 0.29) is 0 Å². The van der Waals surface area contributed by atoms with Crippen LogP contribution >= 0.6 is 0 Å². The van der Waals surface area contributed by atoms with Gasteiger partial charge in [-0.15, -0.1) is 0 Å². The van der Waals surface area contributed by atoms with E-state index in [2.05, 4.69) is 5.32 Å². The average molecular weight is 274 g/mol. The number of nitrogens with zero attached hydrogens (tertiary/aromatic N) is 1. The van der Waals surface area contributed by atoms with Crippen LogP contribution in [-0.2, 0) is 13.5 Å². The van der Waals surface area contributed by atoms with Crippen molar-refractivity contribution in [1.29, 1.82) is 0 Å². The maximum absolute atomic E-state index is 11.6. The van der Waals surface area contributed by atoms with Gasteiger partial charge in [-0.2, -0.15) is 0 Å². The molecule has 5 nitrogen and oxygen atoms in total. The fraction of sp³-hybridized carbons (Fsp3) is 0.267. The van der Waals surface area contributed by atoms with Gasteiger partial charge in [0.1, 0.15) is 5.75 Å². The van der Waals surface area contributed by atoms with Gasteiger partial charge in [0.15, 0.2) is 0 Å². The van der Waals surface area contributed by atoms with Crippen LogP contribution in [0.5, 0.6) is 11.6 Å². The van der Waals surface area contributed by atoms with E-state index in [9.17, 15) is 4.79 Å². The Bertz CT molecular complexity index is 561. The molecular formula is C15H18N2O3. The van der Waals surface area contributed by atoms with Crippen molar-refractivity contribution in [1.82, 2.24) is 9.88 Å². The molecule has 0 saturated carbocycles. The molecule has 1 aromatic carbocycles. The normalized spacial score (nSPS) is 10.1. The highest BCUT2D eigenvalue weighted by molar-refractivity contribution is 5.69. The fourth-order valence-corrected chi connectivity index (χ4v) is 1.78. The van der Waals surface area contributed by atoms with Gasteiger partial charge in [-0.1, -0.05) is 12.1 Å². The number of hydrogen-bond acceptors (Lipinski definition) is 3. The van der Waals surface area contributed by atoms with Crippen LogP contribution in [0.15, 0.2) is 42.6 Å². The Morgan fingerprint density at radius 3 is 2.60 bits per heavy atom. The number of nitrogens with one attached hydrogen (secondary N) is 1. The Morgan fingerprint density at radius 1 is 1.25 bits per heavy atom. The lowest BCUT2D eigenvalue weighted by atomic mass is 10.1. The van der Waals surface area contributed by atoms with Crippen molar-refractivity contribution in [3.05, 3.63) is 48.2 Å². The van der Waals surface area contributed by atoms with Gasteiger partial charge in [0.2, 0.25) is 5.88 Å². The van der Waals surface area contributed by atoms with Crippen LogP contribution < -0.4 is 14.8 Å². The summed E-state index contributed by atoms with van der Waals surface area (Å²) in [4.78, 5) is 11.6. The molecule has 106 valence electrons. The van der Waals surface area contributed by atoms with Gasteiger partial charge in [0.25, 0.3) is 0 Å².